The predicted molar refractivity (Wildman–Crippen MR) is 78.6 cm³/mol. The Bertz CT molecular complexity index is 726. The first-order valence-electron chi connectivity index (χ1n) is 6.25. The van der Waals surface area contributed by atoms with Crippen molar-refractivity contribution in [3.05, 3.63) is 63.2 Å². The van der Waals surface area contributed by atoms with Crippen LogP contribution in [0.25, 0.3) is 0 Å². The van der Waals surface area contributed by atoms with E-state index in [1.165, 1.54) is 31.2 Å². The Morgan fingerprint density at radius 1 is 1.14 bits per heavy atom. The van der Waals surface area contributed by atoms with Crippen molar-refractivity contribution in [3.8, 4) is 5.75 Å². The first-order chi connectivity index (χ1) is 9.91. The van der Waals surface area contributed by atoms with Gasteiger partial charge in [0.1, 0.15) is 5.75 Å². The van der Waals surface area contributed by atoms with Gasteiger partial charge >= 0.3 is 0 Å². The summed E-state index contributed by atoms with van der Waals surface area (Å²) < 4.78 is 0. The second-order valence-electron chi connectivity index (χ2n) is 4.61. The van der Waals surface area contributed by atoms with Gasteiger partial charge in [-0.1, -0.05) is 12.1 Å². The number of carbonyl (C=O) groups excluding carboxylic acids is 1. The highest BCUT2D eigenvalue weighted by Gasteiger charge is 2.18. The van der Waals surface area contributed by atoms with Crippen molar-refractivity contribution in [3.63, 3.8) is 0 Å². The van der Waals surface area contributed by atoms with Gasteiger partial charge in [-0.2, -0.15) is 0 Å². The smallest absolute Gasteiger partial charge is 0.273 e. The van der Waals surface area contributed by atoms with E-state index in [0.29, 0.717) is 16.8 Å². The van der Waals surface area contributed by atoms with Crippen LogP contribution in [0.5, 0.6) is 5.75 Å². The Morgan fingerprint density at radius 3 is 2.48 bits per heavy atom. The average Bonchev–Trinajstić information content (AvgIpc) is 2.43. The number of benzene rings is 2. The standard InChI is InChI=1S/C15H14N2O4/c1-9-11(5-3-7-13(9)17(20)21)15(19)16-12-6-4-8-14(18)10(12)2/h3-8,18H,1-2H3,(H,16,19). The van der Waals surface area contributed by atoms with Gasteiger partial charge < -0.3 is 10.4 Å². The Hall–Kier alpha value is -2.89. The summed E-state index contributed by atoms with van der Waals surface area (Å²) in [6.45, 7) is 3.20. The Kier molecular flexibility index (Phi) is 3.89. The molecule has 2 rings (SSSR count). The van der Waals surface area contributed by atoms with Gasteiger partial charge in [-0.3, -0.25) is 14.9 Å². The molecule has 0 radical (unpaired) electrons. The van der Waals surface area contributed by atoms with Crippen molar-refractivity contribution in [2.45, 2.75) is 13.8 Å². The molecule has 0 aliphatic carbocycles. The highest BCUT2D eigenvalue weighted by Crippen LogP contribution is 2.26. The van der Waals surface area contributed by atoms with Crippen LogP contribution in [-0.2, 0) is 0 Å². The predicted octanol–water partition coefficient (Wildman–Crippen LogP) is 3.17. The van der Waals surface area contributed by atoms with Crippen LogP contribution >= 0.6 is 0 Å². The molecule has 2 aromatic carbocycles. The highest BCUT2D eigenvalue weighted by molar-refractivity contribution is 6.06. The molecule has 0 atom stereocenters. The van der Waals surface area contributed by atoms with Gasteiger partial charge in [-0.05, 0) is 32.0 Å². The van der Waals surface area contributed by atoms with Crippen LogP contribution in [0.15, 0.2) is 36.4 Å². The lowest BCUT2D eigenvalue weighted by atomic mass is 10.1. The van der Waals surface area contributed by atoms with Crippen LogP contribution in [0.2, 0.25) is 0 Å². The quantitative estimate of drug-likeness (QED) is 0.669. The second kappa shape index (κ2) is 5.62. The number of hydrogen-bond acceptors (Lipinski definition) is 4. The summed E-state index contributed by atoms with van der Waals surface area (Å²) in [5.74, 6) is -0.381. The van der Waals surface area contributed by atoms with Gasteiger partial charge in [-0.15, -0.1) is 0 Å². The fourth-order valence-electron chi connectivity index (χ4n) is 2.02. The fourth-order valence-corrected chi connectivity index (χ4v) is 2.02. The van der Waals surface area contributed by atoms with E-state index < -0.39 is 10.8 Å². The molecular weight excluding hydrogens is 272 g/mol. The molecule has 2 aromatic rings. The molecule has 6 heteroatoms. The zero-order chi connectivity index (χ0) is 15.6. The maximum absolute atomic E-state index is 12.3. The number of aromatic hydroxyl groups is 1. The number of hydrogen-bond donors (Lipinski definition) is 2. The molecule has 0 saturated carbocycles. The first kappa shape index (κ1) is 14.5. The summed E-state index contributed by atoms with van der Waals surface area (Å²) in [5.41, 5.74) is 1.43. The van der Waals surface area contributed by atoms with Crippen molar-refractivity contribution >= 4 is 17.3 Å². The molecule has 0 aliphatic rings. The summed E-state index contributed by atoms with van der Waals surface area (Å²) >= 11 is 0. The van der Waals surface area contributed by atoms with Crippen molar-refractivity contribution in [1.29, 1.82) is 0 Å². The van der Waals surface area contributed by atoms with E-state index in [2.05, 4.69) is 5.32 Å². The van der Waals surface area contributed by atoms with Crippen molar-refractivity contribution in [2.75, 3.05) is 5.32 Å². The number of nitrogens with one attached hydrogen (secondary N) is 1. The topological polar surface area (TPSA) is 92.5 Å². The molecule has 21 heavy (non-hydrogen) atoms. The van der Waals surface area contributed by atoms with Crippen molar-refractivity contribution in [1.82, 2.24) is 0 Å². The number of amides is 1. The number of phenolic OH excluding ortho intramolecular Hbond substituents is 1. The Balaban J connectivity index is 2.35. The average molecular weight is 286 g/mol. The van der Waals surface area contributed by atoms with Crippen LogP contribution < -0.4 is 5.32 Å². The molecule has 1 amide bonds. The van der Waals surface area contributed by atoms with Gasteiger partial charge in [0.25, 0.3) is 11.6 Å². The van der Waals surface area contributed by atoms with Crippen LogP contribution in [0.1, 0.15) is 21.5 Å². The summed E-state index contributed by atoms with van der Waals surface area (Å²) in [5, 5.41) is 23.2. The lowest BCUT2D eigenvalue weighted by molar-refractivity contribution is -0.385. The highest BCUT2D eigenvalue weighted by atomic mass is 16.6. The van der Waals surface area contributed by atoms with Crippen LogP contribution in [0, 0.1) is 24.0 Å². The van der Waals surface area contributed by atoms with Gasteiger partial charge in [0.05, 0.1) is 4.92 Å². The second-order valence-corrected chi connectivity index (χ2v) is 4.61. The number of carbonyl (C=O) groups is 1. The maximum atomic E-state index is 12.3. The van der Waals surface area contributed by atoms with Crippen molar-refractivity contribution < 1.29 is 14.8 Å². The molecule has 108 valence electrons. The van der Waals surface area contributed by atoms with Gasteiger partial charge in [0.15, 0.2) is 0 Å². The first-order valence-corrected chi connectivity index (χ1v) is 6.25. The fraction of sp³-hybridized carbons (Fsp3) is 0.133. The third-order valence-corrected chi connectivity index (χ3v) is 3.30. The molecule has 0 spiro atoms. The normalized spacial score (nSPS) is 10.2. The van der Waals surface area contributed by atoms with E-state index >= 15 is 0 Å². The Labute approximate surface area is 121 Å². The van der Waals surface area contributed by atoms with E-state index in [1.54, 1.807) is 19.1 Å². The lowest BCUT2D eigenvalue weighted by Crippen LogP contribution is -2.14. The molecule has 0 heterocycles. The molecule has 0 fully saturated rings. The summed E-state index contributed by atoms with van der Waals surface area (Å²) in [6.07, 6.45) is 0. The summed E-state index contributed by atoms with van der Waals surface area (Å²) in [4.78, 5) is 22.6. The zero-order valence-corrected chi connectivity index (χ0v) is 11.6. The zero-order valence-electron chi connectivity index (χ0n) is 11.6. The minimum Gasteiger partial charge on any atom is -0.508 e. The molecule has 0 bridgehead atoms. The van der Waals surface area contributed by atoms with Crippen LogP contribution in [0.3, 0.4) is 0 Å². The SMILES string of the molecule is Cc1c(O)cccc1NC(=O)c1cccc([N+](=O)[O-])c1C. The third-order valence-electron chi connectivity index (χ3n) is 3.30. The van der Waals surface area contributed by atoms with Gasteiger partial charge in [0.2, 0.25) is 0 Å². The molecular formula is C15H14N2O4. The number of phenols is 1. The van der Waals surface area contributed by atoms with Crippen LogP contribution in [0.4, 0.5) is 11.4 Å². The molecule has 0 unspecified atom stereocenters. The molecule has 0 aliphatic heterocycles. The van der Waals surface area contributed by atoms with Crippen LogP contribution in [-0.4, -0.2) is 15.9 Å². The monoisotopic (exact) mass is 286 g/mol. The van der Waals surface area contributed by atoms with E-state index in [4.69, 9.17) is 0 Å². The largest absolute Gasteiger partial charge is 0.508 e. The maximum Gasteiger partial charge on any atom is 0.273 e. The molecule has 6 nitrogen and oxygen atoms in total. The van der Waals surface area contributed by atoms with Gasteiger partial charge in [0, 0.05) is 28.4 Å². The van der Waals surface area contributed by atoms with E-state index in [9.17, 15) is 20.0 Å². The minimum atomic E-state index is -0.522. The minimum absolute atomic E-state index is 0.0727. The Morgan fingerprint density at radius 2 is 1.81 bits per heavy atom. The number of anilines is 1. The lowest BCUT2D eigenvalue weighted by Gasteiger charge is -2.11. The van der Waals surface area contributed by atoms with E-state index in [0.717, 1.165) is 0 Å². The van der Waals surface area contributed by atoms with Crippen molar-refractivity contribution in [2.24, 2.45) is 0 Å². The molecule has 0 aromatic heterocycles. The molecule has 2 N–H and O–H groups in total. The van der Waals surface area contributed by atoms with E-state index in [-0.39, 0.29) is 17.0 Å². The number of rotatable bonds is 3. The summed E-state index contributed by atoms with van der Waals surface area (Å²) in [6, 6.07) is 9.12. The number of nitro groups is 1. The summed E-state index contributed by atoms with van der Waals surface area (Å²) in [7, 11) is 0. The molecule has 0 saturated heterocycles. The van der Waals surface area contributed by atoms with Gasteiger partial charge in [-0.25, -0.2) is 0 Å². The van der Waals surface area contributed by atoms with E-state index in [1.807, 2.05) is 0 Å². The number of nitrogens with zero attached hydrogens (tertiary/aromatic N) is 1. The number of nitro benzene ring substituents is 1. The third kappa shape index (κ3) is 2.84.